The number of H-pyrrole nitrogens is 2. The van der Waals surface area contributed by atoms with Crippen LogP contribution < -0.4 is 0 Å². The molecule has 5 heterocycles. The topological polar surface area (TPSA) is 57.4 Å². The first-order valence-electron chi connectivity index (χ1n) is 17.8. The third kappa shape index (κ3) is 5.32. The third-order valence-electron chi connectivity index (χ3n) is 10.4. The summed E-state index contributed by atoms with van der Waals surface area (Å²) in [5, 5.41) is 0. The molecule has 9 rings (SSSR count). The summed E-state index contributed by atoms with van der Waals surface area (Å²) >= 11 is 0. The molecule has 0 atom stereocenters. The van der Waals surface area contributed by atoms with Crippen molar-refractivity contribution in [2.24, 2.45) is 0 Å². The van der Waals surface area contributed by atoms with Crippen LogP contribution in [0.5, 0.6) is 0 Å². The molecule has 0 spiro atoms. The number of fused-ring (bicyclic) bond motifs is 8. The van der Waals surface area contributed by atoms with Crippen LogP contribution in [0.1, 0.15) is 45.0 Å². The Balaban J connectivity index is 1.51. The fraction of sp³-hybridized carbons (Fsp3) is 0.0833. The maximum absolute atomic E-state index is 5.45. The van der Waals surface area contributed by atoms with Gasteiger partial charge in [-0.05, 0) is 121 Å². The van der Waals surface area contributed by atoms with Crippen LogP contribution >= 0.6 is 0 Å². The van der Waals surface area contributed by atoms with Gasteiger partial charge in [0, 0.05) is 44.3 Å². The van der Waals surface area contributed by atoms with Gasteiger partial charge in [-0.15, -0.1) is 0 Å². The fourth-order valence-electron chi connectivity index (χ4n) is 7.75. The Kier molecular flexibility index (Phi) is 7.66. The molecule has 4 aromatic carbocycles. The van der Waals surface area contributed by atoms with E-state index in [9.17, 15) is 0 Å². The zero-order valence-corrected chi connectivity index (χ0v) is 29.8. The summed E-state index contributed by atoms with van der Waals surface area (Å²) in [5.74, 6) is 0. The number of rotatable bonds is 4. The van der Waals surface area contributed by atoms with Gasteiger partial charge in [0.05, 0.1) is 22.8 Å². The summed E-state index contributed by atoms with van der Waals surface area (Å²) in [7, 11) is 0. The smallest absolute Gasteiger partial charge is 0.0738 e. The van der Waals surface area contributed by atoms with Gasteiger partial charge in [0.25, 0.3) is 0 Å². The zero-order valence-electron chi connectivity index (χ0n) is 29.8. The second kappa shape index (κ2) is 12.7. The quantitative estimate of drug-likeness (QED) is 0.196. The Morgan fingerprint density at radius 1 is 0.308 bits per heavy atom. The molecule has 52 heavy (non-hydrogen) atoms. The van der Waals surface area contributed by atoms with Crippen LogP contribution in [0.4, 0.5) is 0 Å². The molecule has 2 N–H and O–H groups in total. The lowest BCUT2D eigenvalue weighted by Crippen LogP contribution is -1.93. The number of aromatic amines is 2. The Morgan fingerprint density at radius 2 is 0.577 bits per heavy atom. The highest BCUT2D eigenvalue weighted by Crippen LogP contribution is 2.40. The van der Waals surface area contributed by atoms with Gasteiger partial charge in [0.1, 0.15) is 0 Å². The number of aromatic nitrogens is 4. The van der Waals surface area contributed by atoms with Gasteiger partial charge in [0.2, 0.25) is 0 Å². The predicted molar refractivity (Wildman–Crippen MR) is 220 cm³/mol. The highest BCUT2D eigenvalue weighted by atomic mass is 14.8. The molecule has 4 nitrogen and oxygen atoms in total. The summed E-state index contributed by atoms with van der Waals surface area (Å²) in [4.78, 5) is 18.7. The van der Waals surface area contributed by atoms with Gasteiger partial charge in [-0.2, -0.15) is 0 Å². The molecule has 3 aromatic heterocycles. The SMILES string of the molecule is Cc1ccccc1-c1c2nc(c(-c3ccccc3C)c3ccc([nH]3)c(-c3ccccc3C)c3ccc([nH]3)c(-c3ccccc3C)c3nc1C=C3)C=C2. The van der Waals surface area contributed by atoms with Crippen molar-refractivity contribution < 1.29 is 0 Å². The lowest BCUT2D eigenvalue weighted by molar-refractivity contribution is 1.27. The van der Waals surface area contributed by atoms with Gasteiger partial charge >= 0.3 is 0 Å². The monoisotopic (exact) mass is 670 g/mol. The van der Waals surface area contributed by atoms with Crippen molar-refractivity contribution in [3.8, 4) is 44.5 Å². The van der Waals surface area contributed by atoms with E-state index in [2.05, 4.69) is 183 Å². The van der Waals surface area contributed by atoms with Crippen LogP contribution in [0.3, 0.4) is 0 Å². The van der Waals surface area contributed by atoms with E-state index in [1.54, 1.807) is 0 Å². The number of hydrogen-bond donors (Lipinski definition) is 2. The minimum absolute atomic E-state index is 0.894. The molecule has 0 saturated heterocycles. The summed E-state index contributed by atoms with van der Waals surface area (Å²) in [5.41, 5.74) is 21.3. The zero-order chi connectivity index (χ0) is 35.3. The van der Waals surface area contributed by atoms with Gasteiger partial charge in [-0.3, -0.25) is 0 Å². The highest BCUT2D eigenvalue weighted by Gasteiger charge is 2.21. The second-order valence-corrected chi connectivity index (χ2v) is 13.8. The number of nitrogens with zero attached hydrogens (tertiary/aromatic N) is 2. The maximum Gasteiger partial charge on any atom is 0.0738 e. The molecular formula is C48H38N4. The van der Waals surface area contributed by atoms with Crippen molar-refractivity contribution in [2.75, 3.05) is 0 Å². The summed E-state index contributed by atoms with van der Waals surface area (Å²) < 4.78 is 0. The minimum atomic E-state index is 0.894. The summed E-state index contributed by atoms with van der Waals surface area (Å²) in [6, 6.07) is 43.1. The predicted octanol–water partition coefficient (Wildman–Crippen LogP) is 12.6. The second-order valence-electron chi connectivity index (χ2n) is 13.8. The molecule has 0 amide bonds. The summed E-state index contributed by atoms with van der Waals surface area (Å²) in [6.07, 6.45) is 8.62. The molecule has 2 aliphatic heterocycles. The summed E-state index contributed by atoms with van der Waals surface area (Å²) in [6.45, 7) is 8.68. The van der Waals surface area contributed by atoms with Crippen LogP contribution in [0.2, 0.25) is 0 Å². The van der Waals surface area contributed by atoms with Crippen LogP contribution in [0.25, 0.3) is 90.9 Å². The lowest BCUT2D eigenvalue weighted by Gasteiger charge is -2.10. The first-order valence-corrected chi connectivity index (χ1v) is 17.8. The standard InChI is InChI=1S/C48H38N4/c1-29-13-5-9-17-33(29)45-37-21-23-39(49-37)46(34-18-10-6-14-30(34)2)41-25-27-43(51-41)48(36-20-12-8-16-32(36)4)44-28-26-42(52-44)47(40-24-22-38(45)50-40)35-19-11-7-15-31(35)3/h5-28,49-50H,1-4H3. The van der Waals surface area contributed by atoms with Gasteiger partial charge < -0.3 is 9.97 Å². The van der Waals surface area contributed by atoms with E-state index in [-0.39, 0.29) is 0 Å². The first kappa shape index (κ1) is 31.5. The molecule has 0 radical (unpaired) electrons. The van der Waals surface area contributed by atoms with Crippen molar-refractivity contribution in [2.45, 2.75) is 27.7 Å². The molecule has 2 aliphatic rings. The van der Waals surface area contributed by atoms with E-state index in [0.717, 1.165) is 83.8 Å². The van der Waals surface area contributed by atoms with Crippen molar-refractivity contribution in [1.29, 1.82) is 0 Å². The van der Waals surface area contributed by atoms with Crippen molar-refractivity contribution in [1.82, 2.24) is 19.9 Å². The van der Waals surface area contributed by atoms with Crippen LogP contribution in [0.15, 0.2) is 121 Å². The number of benzene rings is 4. The van der Waals surface area contributed by atoms with Crippen LogP contribution in [-0.4, -0.2) is 19.9 Å². The molecular weight excluding hydrogens is 633 g/mol. The van der Waals surface area contributed by atoms with E-state index in [4.69, 9.17) is 9.97 Å². The van der Waals surface area contributed by atoms with Gasteiger partial charge in [0.15, 0.2) is 0 Å². The van der Waals surface area contributed by atoms with Gasteiger partial charge in [-0.25, -0.2) is 9.97 Å². The molecule has 0 aliphatic carbocycles. The Morgan fingerprint density at radius 3 is 0.923 bits per heavy atom. The number of nitrogens with one attached hydrogen (secondary N) is 2. The highest BCUT2D eigenvalue weighted by molar-refractivity contribution is 6.01. The molecule has 7 aromatic rings. The largest absolute Gasteiger partial charge is 0.354 e. The Bertz CT molecular complexity index is 2640. The van der Waals surface area contributed by atoms with Crippen molar-refractivity contribution >= 4 is 46.4 Å². The van der Waals surface area contributed by atoms with Crippen molar-refractivity contribution in [3.63, 3.8) is 0 Å². The van der Waals surface area contributed by atoms with E-state index in [1.807, 2.05) is 0 Å². The Hall–Kier alpha value is -6.52. The Labute approximate surface area is 303 Å². The normalized spacial score (nSPS) is 12.1. The lowest BCUT2D eigenvalue weighted by atomic mass is 9.98. The minimum Gasteiger partial charge on any atom is -0.354 e. The first-order chi connectivity index (χ1) is 25.4. The maximum atomic E-state index is 5.45. The molecule has 0 fully saturated rings. The van der Waals surface area contributed by atoms with E-state index < -0.39 is 0 Å². The third-order valence-corrected chi connectivity index (χ3v) is 10.4. The van der Waals surface area contributed by atoms with Crippen LogP contribution in [0, 0.1) is 27.7 Å². The molecule has 8 bridgehead atoms. The molecule has 250 valence electrons. The fourth-order valence-corrected chi connectivity index (χ4v) is 7.75. The van der Waals surface area contributed by atoms with E-state index >= 15 is 0 Å². The van der Waals surface area contributed by atoms with Crippen molar-refractivity contribution in [3.05, 3.63) is 166 Å². The molecule has 0 saturated carbocycles. The average molecular weight is 671 g/mol. The van der Waals surface area contributed by atoms with E-state index in [1.165, 1.54) is 27.8 Å². The van der Waals surface area contributed by atoms with Crippen LogP contribution in [-0.2, 0) is 0 Å². The molecule has 0 unspecified atom stereocenters. The number of aryl methyl sites for hydroxylation is 4. The van der Waals surface area contributed by atoms with Gasteiger partial charge in [-0.1, -0.05) is 97.1 Å². The average Bonchev–Trinajstić information content (AvgIpc) is 3.99. The van der Waals surface area contributed by atoms with E-state index in [0.29, 0.717) is 0 Å². The molecule has 4 heteroatoms. The number of hydrogen-bond acceptors (Lipinski definition) is 2.